The van der Waals surface area contributed by atoms with Gasteiger partial charge in [0.15, 0.2) is 0 Å². The van der Waals surface area contributed by atoms with E-state index in [1.165, 1.54) is 0 Å². The number of nitrogens with zero attached hydrogens (tertiary/aromatic N) is 2. The Labute approximate surface area is 164 Å². The predicted octanol–water partition coefficient (Wildman–Crippen LogP) is 3.11. The van der Waals surface area contributed by atoms with Crippen molar-refractivity contribution in [2.24, 2.45) is 0 Å². The first kappa shape index (κ1) is 18.1. The third-order valence-electron chi connectivity index (χ3n) is 5.09. The van der Waals surface area contributed by atoms with Crippen molar-refractivity contribution in [1.29, 1.82) is 0 Å². The van der Waals surface area contributed by atoms with Gasteiger partial charge in [0.25, 0.3) is 5.91 Å². The molecule has 1 saturated heterocycles. The number of amides is 1. The zero-order valence-corrected chi connectivity index (χ0v) is 16.0. The van der Waals surface area contributed by atoms with Gasteiger partial charge in [-0.15, -0.1) is 0 Å². The lowest BCUT2D eigenvalue weighted by Crippen LogP contribution is -2.49. The van der Waals surface area contributed by atoms with Crippen LogP contribution in [0.15, 0.2) is 42.5 Å². The van der Waals surface area contributed by atoms with Gasteiger partial charge in [-0.1, -0.05) is 11.6 Å². The number of hydrogen-bond donors (Lipinski definition) is 0. The second-order valence-corrected chi connectivity index (χ2v) is 7.29. The minimum atomic E-state index is 0.113. The molecule has 0 radical (unpaired) electrons. The number of fused-ring (bicyclic) bond motifs is 1. The summed E-state index contributed by atoms with van der Waals surface area (Å²) < 4.78 is 11.3. The van der Waals surface area contributed by atoms with Crippen molar-refractivity contribution < 1.29 is 14.3 Å². The highest BCUT2D eigenvalue weighted by atomic mass is 35.5. The summed E-state index contributed by atoms with van der Waals surface area (Å²) in [5.41, 5.74) is 1.90. The van der Waals surface area contributed by atoms with Crippen LogP contribution in [-0.4, -0.2) is 61.6 Å². The number of hydrogen-bond acceptors (Lipinski definition) is 4. The molecule has 4 rings (SSSR count). The molecule has 0 aromatic heterocycles. The molecule has 0 bridgehead atoms. The zero-order valence-electron chi connectivity index (χ0n) is 15.2. The minimum absolute atomic E-state index is 0.113. The Kier molecular flexibility index (Phi) is 5.50. The highest BCUT2D eigenvalue weighted by Gasteiger charge is 2.23. The second kappa shape index (κ2) is 8.19. The van der Waals surface area contributed by atoms with Gasteiger partial charge < -0.3 is 14.4 Å². The maximum Gasteiger partial charge on any atom is 0.253 e. The predicted molar refractivity (Wildman–Crippen MR) is 105 cm³/mol. The average molecular weight is 387 g/mol. The van der Waals surface area contributed by atoms with Gasteiger partial charge in [0.1, 0.15) is 18.1 Å². The molecule has 2 heterocycles. The summed E-state index contributed by atoms with van der Waals surface area (Å²) in [6, 6.07) is 13.2. The Bertz CT molecular complexity index is 802. The quantitative estimate of drug-likeness (QED) is 0.791. The van der Waals surface area contributed by atoms with E-state index in [2.05, 4.69) is 4.90 Å². The van der Waals surface area contributed by atoms with E-state index < -0.39 is 0 Å². The lowest BCUT2D eigenvalue weighted by molar-refractivity contribution is 0.0620. The standard InChI is InChI=1S/C21H23ClN2O3/c22-18-2-4-19(5-3-18)26-14-12-23-8-10-24(11-9-23)21(25)17-1-6-20-16(15-17)7-13-27-20/h1-6,15H,7-14H2. The Hall–Kier alpha value is -2.24. The molecule has 0 atom stereocenters. The lowest BCUT2D eigenvalue weighted by Gasteiger charge is -2.34. The molecule has 2 aliphatic rings. The first-order chi connectivity index (χ1) is 13.2. The Morgan fingerprint density at radius 3 is 2.63 bits per heavy atom. The van der Waals surface area contributed by atoms with Gasteiger partial charge in [0, 0.05) is 49.7 Å². The summed E-state index contributed by atoms with van der Waals surface area (Å²) in [5, 5.41) is 0.707. The molecule has 6 heteroatoms. The topological polar surface area (TPSA) is 42.0 Å². The van der Waals surface area contributed by atoms with Crippen LogP contribution in [0.2, 0.25) is 5.02 Å². The van der Waals surface area contributed by atoms with E-state index >= 15 is 0 Å². The summed E-state index contributed by atoms with van der Waals surface area (Å²) in [6.07, 6.45) is 0.887. The number of rotatable bonds is 5. The number of benzene rings is 2. The van der Waals surface area contributed by atoms with Gasteiger partial charge in [0.05, 0.1) is 6.61 Å². The van der Waals surface area contributed by atoms with Crippen LogP contribution in [0.4, 0.5) is 0 Å². The maximum atomic E-state index is 12.8. The van der Waals surface area contributed by atoms with E-state index in [0.29, 0.717) is 18.2 Å². The van der Waals surface area contributed by atoms with Crippen molar-refractivity contribution in [2.75, 3.05) is 45.9 Å². The maximum absolute atomic E-state index is 12.8. The van der Waals surface area contributed by atoms with E-state index in [9.17, 15) is 4.79 Å². The summed E-state index contributed by atoms with van der Waals surface area (Å²) in [6.45, 7) is 5.40. The van der Waals surface area contributed by atoms with E-state index in [1.807, 2.05) is 47.4 Å². The Balaban J connectivity index is 1.23. The summed E-state index contributed by atoms with van der Waals surface area (Å²) in [5.74, 6) is 1.85. The monoisotopic (exact) mass is 386 g/mol. The molecule has 5 nitrogen and oxygen atoms in total. The van der Waals surface area contributed by atoms with Crippen molar-refractivity contribution in [3.05, 3.63) is 58.6 Å². The smallest absolute Gasteiger partial charge is 0.253 e. The number of halogens is 1. The molecule has 1 amide bonds. The first-order valence-corrected chi connectivity index (χ1v) is 9.72. The van der Waals surface area contributed by atoms with Gasteiger partial charge in [-0.05, 0) is 48.0 Å². The Morgan fingerprint density at radius 2 is 1.85 bits per heavy atom. The van der Waals surface area contributed by atoms with E-state index in [-0.39, 0.29) is 5.91 Å². The normalized spacial score (nSPS) is 16.7. The van der Waals surface area contributed by atoms with Crippen LogP contribution < -0.4 is 9.47 Å². The van der Waals surface area contributed by atoms with E-state index in [1.54, 1.807) is 0 Å². The molecule has 0 aliphatic carbocycles. The molecule has 2 aromatic carbocycles. The molecule has 2 aliphatic heterocycles. The van der Waals surface area contributed by atoms with Crippen LogP contribution in [-0.2, 0) is 6.42 Å². The van der Waals surface area contributed by atoms with Gasteiger partial charge in [-0.2, -0.15) is 0 Å². The van der Waals surface area contributed by atoms with Crippen LogP contribution in [0, 0.1) is 0 Å². The SMILES string of the molecule is O=C(c1ccc2c(c1)CCO2)N1CCN(CCOc2ccc(Cl)cc2)CC1. The van der Waals surface area contributed by atoms with E-state index in [4.69, 9.17) is 21.1 Å². The number of carbonyl (C=O) groups excluding carboxylic acids is 1. The minimum Gasteiger partial charge on any atom is -0.493 e. The van der Waals surface area contributed by atoms with Crippen LogP contribution in [0.1, 0.15) is 15.9 Å². The molecule has 142 valence electrons. The molecular weight excluding hydrogens is 364 g/mol. The van der Waals surface area contributed by atoms with Crippen LogP contribution in [0.5, 0.6) is 11.5 Å². The molecule has 0 saturated carbocycles. The highest BCUT2D eigenvalue weighted by molar-refractivity contribution is 6.30. The van der Waals surface area contributed by atoms with Gasteiger partial charge >= 0.3 is 0 Å². The first-order valence-electron chi connectivity index (χ1n) is 9.35. The van der Waals surface area contributed by atoms with Gasteiger partial charge in [0.2, 0.25) is 0 Å². The van der Waals surface area contributed by atoms with Gasteiger partial charge in [-0.25, -0.2) is 0 Å². The van der Waals surface area contributed by atoms with Gasteiger partial charge in [-0.3, -0.25) is 9.69 Å². The third-order valence-corrected chi connectivity index (χ3v) is 5.34. The summed E-state index contributed by atoms with van der Waals surface area (Å²) >= 11 is 5.88. The fourth-order valence-electron chi connectivity index (χ4n) is 3.50. The van der Waals surface area contributed by atoms with Crippen molar-refractivity contribution in [3.63, 3.8) is 0 Å². The largest absolute Gasteiger partial charge is 0.493 e. The fourth-order valence-corrected chi connectivity index (χ4v) is 3.63. The summed E-state index contributed by atoms with van der Waals surface area (Å²) in [4.78, 5) is 17.0. The van der Waals surface area contributed by atoms with Crippen molar-refractivity contribution >= 4 is 17.5 Å². The lowest BCUT2D eigenvalue weighted by atomic mass is 10.1. The Morgan fingerprint density at radius 1 is 1.07 bits per heavy atom. The molecule has 0 unspecified atom stereocenters. The highest BCUT2D eigenvalue weighted by Crippen LogP contribution is 2.26. The number of carbonyl (C=O) groups is 1. The average Bonchev–Trinajstić information content (AvgIpc) is 3.17. The third kappa shape index (κ3) is 4.37. The molecule has 2 aromatic rings. The van der Waals surface area contributed by atoms with E-state index in [0.717, 1.165) is 61.8 Å². The zero-order chi connectivity index (χ0) is 18.6. The van der Waals surface area contributed by atoms with Crippen molar-refractivity contribution in [1.82, 2.24) is 9.80 Å². The number of ether oxygens (including phenoxy) is 2. The second-order valence-electron chi connectivity index (χ2n) is 6.86. The van der Waals surface area contributed by atoms with Crippen molar-refractivity contribution in [3.8, 4) is 11.5 Å². The fraction of sp³-hybridized carbons (Fsp3) is 0.381. The molecular formula is C21H23ClN2O3. The molecule has 0 N–H and O–H groups in total. The molecule has 27 heavy (non-hydrogen) atoms. The molecule has 1 fully saturated rings. The van der Waals surface area contributed by atoms with Crippen LogP contribution >= 0.6 is 11.6 Å². The summed E-state index contributed by atoms with van der Waals surface area (Å²) in [7, 11) is 0. The van der Waals surface area contributed by atoms with Crippen molar-refractivity contribution in [2.45, 2.75) is 6.42 Å². The number of piperazine rings is 1. The molecule has 0 spiro atoms. The van der Waals surface area contributed by atoms with Crippen LogP contribution in [0.3, 0.4) is 0 Å². The van der Waals surface area contributed by atoms with Crippen LogP contribution in [0.25, 0.3) is 0 Å².